The Morgan fingerprint density at radius 1 is 1.24 bits per heavy atom. The lowest BCUT2D eigenvalue weighted by Crippen LogP contribution is -2.43. The second-order valence-corrected chi connectivity index (χ2v) is 7.73. The van der Waals surface area contributed by atoms with E-state index in [-0.39, 0.29) is 30.0 Å². The van der Waals surface area contributed by atoms with Crippen LogP contribution < -0.4 is 5.69 Å². The number of likely N-dealkylation sites (tertiary alicyclic amines) is 1. The minimum Gasteiger partial charge on any atom is -0.464 e. The molecule has 5 heterocycles. The molecule has 0 aliphatic carbocycles. The molecule has 1 N–H and O–H groups in total. The van der Waals surface area contributed by atoms with E-state index in [0.717, 1.165) is 5.52 Å². The maximum Gasteiger partial charge on any atom is 0.420 e. The number of pyridine rings is 1. The number of nitrogens with zero attached hydrogens (tertiary/aromatic N) is 8. The van der Waals surface area contributed by atoms with E-state index in [1.807, 2.05) is 24.3 Å². The highest BCUT2D eigenvalue weighted by Crippen LogP contribution is 2.27. The molecule has 1 aliphatic heterocycles. The number of fused-ring (bicyclic) bond motifs is 2. The predicted molar refractivity (Wildman–Crippen MR) is 114 cm³/mol. The zero-order chi connectivity index (χ0) is 23.1. The van der Waals surface area contributed by atoms with Gasteiger partial charge in [0.1, 0.15) is 11.9 Å². The van der Waals surface area contributed by atoms with Gasteiger partial charge in [-0.15, -0.1) is 0 Å². The molecule has 0 aromatic carbocycles. The number of carbonyl (C=O) groups is 2. The average molecular weight is 446 g/mol. The van der Waals surface area contributed by atoms with Gasteiger partial charge in [0.15, 0.2) is 11.5 Å². The molecule has 0 spiro atoms. The predicted octanol–water partition coefficient (Wildman–Crippen LogP) is 1.51. The Hall–Kier alpha value is -4.53. The highest BCUT2D eigenvalue weighted by molar-refractivity contribution is 5.86. The van der Waals surface area contributed by atoms with Crippen molar-refractivity contribution in [3.8, 4) is 17.5 Å². The monoisotopic (exact) mass is 446 g/mol. The van der Waals surface area contributed by atoms with Crippen molar-refractivity contribution in [3.05, 3.63) is 47.3 Å². The summed E-state index contributed by atoms with van der Waals surface area (Å²) in [6.45, 7) is 0.668. The summed E-state index contributed by atoms with van der Waals surface area (Å²) in [5.74, 6) is -0.0212. The van der Waals surface area contributed by atoms with Crippen LogP contribution in [0.2, 0.25) is 0 Å². The first-order valence-corrected chi connectivity index (χ1v) is 10.3. The number of hydrogen-bond acceptors (Lipinski definition) is 7. The Bertz CT molecular complexity index is 1510. The van der Waals surface area contributed by atoms with E-state index >= 15 is 0 Å². The maximum absolute atomic E-state index is 13.1. The summed E-state index contributed by atoms with van der Waals surface area (Å²) < 4.78 is 3.61. The number of rotatable bonds is 3. The Morgan fingerprint density at radius 2 is 2.09 bits per heavy atom. The van der Waals surface area contributed by atoms with Crippen molar-refractivity contribution in [2.45, 2.75) is 25.3 Å². The van der Waals surface area contributed by atoms with Crippen LogP contribution in [0.1, 0.15) is 25.3 Å². The molecule has 0 bridgehead atoms. The molecule has 1 aliphatic rings. The third-order valence-electron chi connectivity index (χ3n) is 5.82. The fourth-order valence-electron chi connectivity index (χ4n) is 4.32. The molecule has 1 amide bonds. The van der Waals surface area contributed by atoms with Crippen LogP contribution in [0.5, 0.6) is 0 Å². The van der Waals surface area contributed by atoms with Gasteiger partial charge in [-0.05, 0) is 25.0 Å². The molecule has 12 nitrogen and oxygen atoms in total. The highest BCUT2D eigenvalue weighted by Gasteiger charge is 2.30. The first-order chi connectivity index (χ1) is 16.0. The third-order valence-corrected chi connectivity index (χ3v) is 5.82. The average Bonchev–Trinajstić information content (AvgIpc) is 3.37. The SMILES string of the molecule is N#CCC(=O)N1CCCC(n2c(=O)n(C(=O)O)c3cnc(-c4cnn5ccccc45)nc32)C1. The number of carboxylic acid groups (broad SMARTS) is 1. The lowest BCUT2D eigenvalue weighted by atomic mass is 10.1. The van der Waals surface area contributed by atoms with Gasteiger partial charge >= 0.3 is 11.8 Å². The van der Waals surface area contributed by atoms with Gasteiger partial charge in [-0.25, -0.2) is 24.1 Å². The lowest BCUT2D eigenvalue weighted by molar-refractivity contribution is -0.131. The summed E-state index contributed by atoms with van der Waals surface area (Å²) in [4.78, 5) is 47.7. The highest BCUT2D eigenvalue weighted by atomic mass is 16.4. The molecule has 33 heavy (non-hydrogen) atoms. The minimum absolute atomic E-state index is 0.0631. The van der Waals surface area contributed by atoms with E-state index in [4.69, 9.17) is 5.26 Å². The number of nitriles is 1. The van der Waals surface area contributed by atoms with E-state index in [9.17, 15) is 19.5 Å². The third kappa shape index (κ3) is 3.30. The van der Waals surface area contributed by atoms with Crippen molar-refractivity contribution >= 4 is 28.7 Å². The second-order valence-electron chi connectivity index (χ2n) is 7.73. The van der Waals surface area contributed by atoms with Gasteiger partial charge in [-0.2, -0.15) is 14.9 Å². The van der Waals surface area contributed by atoms with Gasteiger partial charge in [-0.1, -0.05) is 6.07 Å². The van der Waals surface area contributed by atoms with Crippen LogP contribution in [0.3, 0.4) is 0 Å². The number of aromatic nitrogens is 6. The Labute approximate surface area is 185 Å². The summed E-state index contributed by atoms with van der Waals surface area (Å²) in [5, 5.41) is 22.8. The van der Waals surface area contributed by atoms with Gasteiger partial charge in [0.2, 0.25) is 5.91 Å². The van der Waals surface area contributed by atoms with Crippen LogP contribution in [0.15, 0.2) is 41.6 Å². The second kappa shape index (κ2) is 7.86. The van der Waals surface area contributed by atoms with Gasteiger partial charge < -0.3 is 10.0 Å². The maximum atomic E-state index is 13.1. The van der Waals surface area contributed by atoms with Crippen molar-refractivity contribution in [2.24, 2.45) is 0 Å². The fourth-order valence-corrected chi connectivity index (χ4v) is 4.32. The van der Waals surface area contributed by atoms with E-state index in [0.29, 0.717) is 35.3 Å². The number of piperidine rings is 1. The smallest absolute Gasteiger partial charge is 0.420 e. The molecule has 166 valence electrons. The normalized spacial score (nSPS) is 16.2. The van der Waals surface area contributed by atoms with Gasteiger partial charge in [0.05, 0.1) is 35.6 Å². The Kier molecular flexibility index (Phi) is 4.86. The summed E-state index contributed by atoms with van der Waals surface area (Å²) in [6, 6.07) is 6.90. The molecule has 1 fully saturated rings. The summed E-state index contributed by atoms with van der Waals surface area (Å²) in [7, 11) is 0. The number of imidazole rings is 1. The van der Waals surface area contributed by atoms with E-state index in [2.05, 4.69) is 15.1 Å². The standard InChI is InChI=1S/C21H18N8O4/c22-7-6-17(30)26-8-3-4-13(12-26)28-19-16(29(20(28)31)21(32)33)11-23-18(25-19)14-10-24-27-9-2-1-5-15(14)27/h1-2,5,9-11,13H,3-4,6,8,12H2,(H,32,33). The molecular weight excluding hydrogens is 428 g/mol. The molecule has 0 saturated carbocycles. The van der Waals surface area contributed by atoms with Crippen molar-refractivity contribution in [1.29, 1.82) is 5.26 Å². The van der Waals surface area contributed by atoms with Gasteiger partial charge in [0, 0.05) is 19.3 Å². The van der Waals surface area contributed by atoms with Crippen molar-refractivity contribution in [3.63, 3.8) is 0 Å². The van der Waals surface area contributed by atoms with Crippen LogP contribution in [0.4, 0.5) is 4.79 Å². The number of amides is 1. The minimum atomic E-state index is -1.44. The number of carbonyl (C=O) groups excluding carboxylic acids is 1. The van der Waals surface area contributed by atoms with E-state index in [1.165, 1.54) is 15.7 Å². The molecule has 0 radical (unpaired) electrons. The largest absolute Gasteiger partial charge is 0.464 e. The van der Waals surface area contributed by atoms with Crippen molar-refractivity contribution < 1.29 is 14.7 Å². The molecular formula is C21H18N8O4. The zero-order valence-corrected chi connectivity index (χ0v) is 17.3. The Morgan fingerprint density at radius 3 is 2.88 bits per heavy atom. The fraction of sp³-hybridized carbons (Fsp3) is 0.286. The van der Waals surface area contributed by atoms with E-state index in [1.54, 1.807) is 16.9 Å². The molecule has 12 heteroatoms. The lowest BCUT2D eigenvalue weighted by Gasteiger charge is -2.32. The zero-order valence-electron chi connectivity index (χ0n) is 17.3. The number of hydrogen-bond donors (Lipinski definition) is 1. The first-order valence-electron chi connectivity index (χ1n) is 10.3. The molecule has 4 aromatic rings. The van der Waals surface area contributed by atoms with Crippen LogP contribution in [-0.4, -0.2) is 63.8 Å². The van der Waals surface area contributed by atoms with Gasteiger partial charge in [0.25, 0.3) is 0 Å². The van der Waals surface area contributed by atoms with Crippen LogP contribution in [0.25, 0.3) is 28.1 Å². The molecule has 1 unspecified atom stereocenters. The van der Waals surface area contributed by atoms with Gasteiger partial charge in [-0.3, -0.25) is 9.36 Å². The summed E-state index contributed by atoms with van der Waals surface area (Å²) in [5.41, 5.74) is 0.863. The van der Waals surface area contributed by atoms with Crippen LogP contribution >= 0.6 is 0 Å². The van der Waals surface area contributed by atoms with Crippen molar-refractivity contribution in [1.82, 2.24) is 33.6 Å². The summed E-state index contributed by atoms with van der Waals surface area (Å²) in [6.07, 6.45) is 4.19. The molecule has 5 rings (SSSR count). The molecule has 1 atom stereocenters. The molecule has 4 aromatic heterocycles. The van der Waals surface area contributed by atoms with Crippen molar-refractivity contribution in [2.75, 3.05) is 13.1 Å². The van der Waals surface area contributed by atoms with Crippen LogP contribution in [-0.2, 0) is 4.79 Å². The topological polar surface area (TPSA) is 151 Å². The molecule has 1 saturated heterocycles. The quantitative estimate of drug-likeness (QED) is 0.497. The Balaban J connectivity index is 1.66. The first kappa shape index (κ1) is 20.4. The summed E-state index contributed by atoms with van der Waals surface area (Å²) >= 11 is 0. The van der Waals surface area contributed by atoms with E-state index < -0.39 is 17.8 Å². The van der Waals surface area contributed by atoms with Crippen LogP contribution in [0, 0.1) is 11.3 Å².